The summed E-state index contributed by atoms with van der Waals surface area (Å²) in [6, 6.07) is 1.43. The zero-order valence-corrected chi connectivity index (χ0v) is 9.93. The van der Waals surface area contributed by atoms with E-state index < -0.39 is 0 Å². The third-order valence-corrected chi connectivity index (χ3v) is 2.71. The maximum absolute atomic E-state index is 11.5. The van der Waals surface area contributed by atoms with Gasteiger partial charge in [0.15, 0.2) is 5.82 Å². The second-order valence-corrected chi connectivity index (χ2v) is 4.38. The van der Waals surface area contributed by atoms with E-state index in [-0.39, 0.29) is 5.56 Å². The van der Waals surface area contributed by atoms with Crippen molar-refractivity contribution in [3.8, 4) is 0 Å². The van der Waals surface area contributed by atoms with Gasteiger partial charge in [0.05, 0.1) is 6.54 Å². The number of H-pyrrole nitrogens is 1. The second kappa shape index (κ2) is 4.25. The lowest BCUT2D eigenvalue weighted by molar-refractivity contribution is 0.379. The largest absolute Gasteiger partial charge is 0.361 e. The van der Waals surface area contributed by atoms with Gasteiger partial charge in [0, 0.05) is 12.0 Å². The van der Waals surface area contributed by atoms with Gasteiger partial charge in [0.1, 0.15) is 11.6 Å². The van der Waals surface area contributed by atoms with Crippen LogP contribution in [0.1, 0.15) is 36.3 Å². The SMILES string of the molecule is Cc1noc(CNc2cc(=O)[nH]c(C3CC3)n2)n1. The van der Waals surface area contributed by atoms with E-state index in [9.17, 15) is 4.79 Å². The lowest BCUT2D eigenvalue weighted by atomic mass is 10.4. The molecule has 0 aromatic carbocycles. The first-order valence-electron chi connectivity index (χ1n) is 5.85. The standard InChI is InChI=1S/C11H13N5O2/c1-6-13-10(18-16-6)5-12-8-4-9(17)15-11(14-8)7-2-3-7/h4,7H,2-3,5H2,1H3,(H2,12,14,15,17). The van der Waals surface area contributed by atoms with E-state index in [1.165, 1.54) is 6.07 Å². The first-order valence-corrected chi connectivity index (χ1v) is 5.85. The first kappa shape index (κ1) is 10.9. The normalized spacial score (nSPS) is 14.7. The van der Waals surface area contributed by atoms with Crippen molar-refractivity contribution in [1.82, 2.24) is 20.1 Å². The van der Waals surface area contributed by atoms with Crippen molar-refractivity contribution >= 4 is 5.82 Å². The zero-order valence-electron chi connectivity index (χ0n) is 9.93. The van der Waals surface area contributed by atoms with Gasteiger partial charge in [-0.1, -0.05) is 5.16 Å². The van der Waals surface area contributed by atoms with Gasteiger partial charge in [-0.25, -0.2) is 4.98 Å². The zero-order chi connectivity index (χ0) is 12.5. The highest BCUT2D eigenvalue weighted by atomic mass is 16.5. The van der Waals surface area contributed by atoms with Gasteiger partial charge in [-0.2, -0.15) is 4.98 Å². The molecule has 2 heterocycles. The summed E-state index contributed by atoms with van der Waals surface area (Å²) in [6.07, 6.45) is 2.19. The Morgan fingerprint density at radius 3 is 3.00 bits per heavy atom. The van der Waals surface area contributed by atoms with Crippen LogP contribution in [0.4, 0.5) is 5.82 Å². The maximum atomic E-state index is 11.5. The molecular formula is C11H13N5O2. The molecule has 18 heavy (non-hydrogen) atoms. The Balaban J connectivity index is 1.73. The molecule has 0 atom stereocenters. The van der Waals surface area contributed by atoms with Crippen LogP contribution in [0.5, 0.6) is 0 Å². The Kier molecular flexibility index (Phi) is 2.58. The van der Waals surface area contributed by atoms with Crippen LogP contribution in [0, 0.1) is 6.92 Å². The van der Waals surface area contributed by atoms with Crippen molar-refractivity contribution in [1.29, 1.82) is 0 Å². The maximum Gasteiger partial charge on any atom is 0.252 e. The molecule has 0 radical (unpaired) electrons. The molecule has 1 aliphatic carbocycles. The molecule has 0 spiro atoms. The second-order valence-electron chi connectivity index (χ2n) is 4.38. The van der Waals surface area contributed by atoms with Gasteiger partial charge in [-0.15, -0.1) is 0 Å². The van der Waals surface area contributed by atoms with E-state index in [0.717, 1.165) is 18.7 Å². The average molecular weight is 247 g/mol. The predicted molar refractivity (Wildman–Crippen MR) is 63.2 cm³/mol. The third kappa shape index (κ3) is 2.39. The Hall–Kier alpha value is -2.18. The van der Waals surface area contributed by atoms with Crippen molar-refractivity contribution in [3.63, 3.8) is 0 Å². The highest BCUT2D eigenvalue weighted by Crippen LogP contribution is 2.37. The quantitative estimate of drug-likeness (QED) is 0.835. The third-order valence-electron chi connectivity index (χ3n) is 2.71. The Labute approximate surface area is 103 Å². The number of hydrogen-bond acceptors (Lipinski definition) is 6. The van der Waals surface area contributed by atoms with Crippen LogP contribution in [0.3, 0.4) is 0 Å². The summed E-state index contributed by atoms with van der Waals surface area (Å²) in [5.74, 6) is 2.76. The number of aryl methyl sites for hydroxylation is 1. The summed E-state index contributed by atoms with van der Waals surface area (Å²) in [4.78, 5) is 22.7. The highest BCUT2D eigenvalue weighted by Gasteiger charge is 2.26. The number of anilines is 1. The van der Waals surface area contributed by atoms with E-state index in [2.05, 4.69) is 25.4 Å². The minimum absolute atomic E-state index is 0.142. The summed E-state index contributed by atoms with van der Waals surface area (Å²) >= 11 is 0. The van der Waals surface area contributed by atoms with Crippen molar-refractivity contribution in [2.45, 2.75) is 32.2 Å². The summed E-state index contributed by atoms with van der Waals surface area (Å²) < 4.78 is 4.97. The van der Waals surface area contributed by atoms with Crippen LogP contribution in [-0.2, 0) is 6.54 Å². The van der Waals surface area contributed by atoms with Crippen molar-refractivity contribution < 1.29 is 4.52 Å². The van der Waals surface area contributed by atoms with E-state index >= 15 is 0 Å². The number of hydrogen-bond donors (Lipinski definition) is 2. The van der Waals surface area contributed by atoms with E-state index in [1.807, 2.05) is 0 Å². The smallest absolute Gasteiger partial charge is 0.252 e. The van der Waals surface area contributed by atoms with Crippen molar-refractivity contribution in [3.05, 3.63) is 34.0 Å². The Bertz CT molecular complexity index is 614. The molecule has 3 rings (SSSR count). The molecule has 2 aromatic heterocycles. The highest BCUT2D eigenvalue weighted by molar-refractivity contribution is 5.33. The molecule has 0 bridgehead atoms. The van der Waals surface area contributed by atoms with Crippen LogP contribution in [-0.4, -0.2) is 20.1 Å². The molecule has 2 N–H and O–H groups in total. The summed E-state index contributed by atoms with van der Waals surface area (Å²) in [5.41, 5.74) is -0.142. The minimum Gasteiger partial charge on any atom is -0.361 e. The fourth-order valence-corrected chi connectivity index (χ4v) is 1.70. The van der Waals surface area contributed by atoms with Gasteiger partial charge < -0.3 is 14.8 Å². The predicted octanol–water partition coefficient (Wildman–Crippen LogP) is 0.951. The molecule has 0 saturated heterocycles. The Morgan fingerprint density at radius 2 is 2.33 bits per heavy atom. The van der Waals surface area contributed by atoms with Crippen LogP contribution in [0.25, 0.3) is 0 Å². The summed E-state index contributed by atoms with van der Waals surface area (Å²) in [5, 5.41) is 6.70. The molecule has 0 unspecified atom stereocenters. The van der Waals surface area contributed by atoms with Crippen LogP contribution in [0.2, 0.25) is 0 Å². The van der Waals surface area contributed by atoms with Crippen molar-refractivity contribution in [2.75, 3.05) is 5.32 Å². The number of aromatic nitrogens is 4. The summed E-state index contributed by atoms with van der Waals surface area (Å²) in [7, 11) is 0. The number of nitrogens with zero attached hydrogens (tertiary/aromatic N) is 3. The van der Waals surface area contributed by atoms with Gasteiger partial charge in [-0.05, 0) is 19.8 Å². The fraction of sp³-hybridized carbons (Fsp3) is 0.455. The number of aromatic amines is 1. The monoisotopic (exact) mass is 247 g/mol. The van der Waals surface area contributed by atoms with Gasteiger partial charge in [0.25, 0.3) is 5.56 Å². The van der Waals surface area contributed by atoms with Gasteiger partial charge in [0.2, 0.25) is 5.89 Å². The van der Waals surface area contributed by atoms with Gasteiger partial charge in [-0.3, -0.25) is 4.79 Å². The van der Waals surface area contributed by atoms with Crippen LogP contribution >= 0.6 is 0 Å². The van der Waals surface area contributed by atoms with E-state index in [0.29, 0.717) is 30.0 Å². The fourth-order valence-electron chi connectivity index (χ4n) is 1.70. The van der Waals surface area contributed by atoms with Gasteiger partial charge >= 0.3 is 0 Å². The molecular weight excluding hydrogens is 234 g/mol. The lowest BCUT2D eigenvalue weighted by Gasteiger charge is -2.04. The molecule has 1 fully saturated rings. The molecule has 0 amide bonds. The number of nitrogens with one attached hydrogen (secondary N) is 2. The average Bonchev–Trinajstić information content (AvgIpc) is 3.10. The number of rotatable bonds is 4. The molecule has 94 valence electrons. The Morgan fingerprint density at radius 1 is 1.50 bits per heavy atom. The topological polar surface area (TPSA) is 96.7 Å². The van der Waals surface area contributed by atoms with Crippen LogP contribution < -0.4 is 10.9 Å². The molecule has 7 heteroatoms. The summed E-state index contributed by atoms with van der Waals surface area (Å²) in [6.45, 7) is 2.12. The first-order chi connectivity index (χ1) is 8.70. The molecule has 1 saturated carbocycles. The van der Waals surface area contributed by atoms with E-state index in [1.54, 1.807) is 6.92 Å². The molecule has 7 nitrogen and oxygen atoms in total. The molecule has 1 aliphatic rings. The van der Waals surface area contributed by atoms with Crippen molar-refractivity contribution in [2.24, 2.45) is 0 Å². The molecule has 0 aliphatic heterocycles. The van der Waals surface area contributed by atoms with E-state index in [4.69, 9.17) is 4.52 Å². The molecule has 2 aromatic rings. The van der Waals surface area contributed by atoms with Crippen LogP contribution in [0.15, 0.2) is 15.4 Å². The minimum atomic E-state index is -0.142. The lowest BCUT2D eigenvalue weighted by Crippen LogP contribution is -2.13.